The monoisotopic (exact) mass is 266 g/mol. The smallest absolute Gasteiger partial charge is 0.273 e. The molecule has 18 heavy (non-hydrogen) atoms. The zero-order valence-electron chi connectivity index (χ0n) is 9.87. The summed E-state index contributed by atoms with van der Waals surface area (Å²) in [6.45, 7) is 1.48. The van der Waals surface area contributed by atoms with Crippen LogP contribution in [0.2, 0.25) is 0 Å². The van der Waals surface area contributed by atoms with Crippen LogP contribution in [0.25, 0.3) is 0 Å². The van der Waals surface area contributed by atoms with E-state index in [1.165, 1.54) is 6.07 Å². The van der Waals surface area contributed by atoms with E-state index < -0.39 is 4.92 Å². The number of nitro benzene ring substituents is 1. The average Bonchev–Trinajstić information content (AvgIpc) is 2.40. The molecule has 1 aliphatic rings. The second-order valence-electron chi connectivity index (χ2n) is 4.06. The molecule has 0 spiro atoms. The Morgan fingerprint density at radius 1 is 1.33 bits per heavy atom. The van der Waals surface area contributed by atoms with E-state index in [0.29, 0.717) is 5.56 Å². The number of nitro groups is 1. The van der Waals surface area contributed by atoms with E-state index in [1.807, 2.05) is 11.8 Å². The Bertz CT molecular complexity index is 458. The number of carbonyl (C=O) groups excluding carboxylic acids is 1. The highest BCUT2D eigenvalue weighted by atomic mass is 32.2. The molecular formula is C12H14N2O3S. The van der Waals surface area contributed by atoms with Gasteiger partial charge in [0.15, 0.2) is 0 Å². The zero-order valence-corrected chi connectivity index (χ0v) is 10.7. The summed E-state index contributed by atoms with van der Waals surface area (Å²) >= 11 is 1.83. The van der Waals surface area contributed by atoms with E-state index in [9.17, 15) is 14.9 Å². The van der Waals surface area contributed by atoms with Crippen LogP contribution in [0.15, 0.2) is 24.3 Å². The second-order valence-corrected chi connectivity index (χ2v) is 5.28. The molecule has 1 fully saturated rings. The van der Waals surface area contributed by atoms with Gasteiger partial charge in [0, 0.05) is 36.2 Å². The van der Waals surface area contributed by atoms with E-state index in [0.717, 1.165) is 24.6 Å². The minimum atomic E-state index is -0.436. The molecule has 1 aromatic rings. The summed E-state index contributed by atoms with van der Waals surface area (Å²) in [5.41, 5.74) is 0.517. The van der Waals surface area contributed by atoms with Crippen molar-refractivity contribution < 1.29 is 9.72 Å². The van der Waals surface area contributed by atoms with Crippen molar-refractivity contribution in [3.05, 3.63) is 39.9 Å². The number of benzene rings is 1. The van der Waals surface area contributed by atoms with Gasteiger partial charge in [-0.1, -0.05) is 18.2 Å². The molecule has 5 nitrogen and oxygen atoms in total. The van der Waals surface area contributed by atoms with Gasteiger partial charge >= 0.3 is 0 Å². The fourth-order valence-electron chi connectivity index (χ4n) is 1.93. The Hall–Kier alpha value is -1.56. The van der Waals surface area contributed by atoms with Crippen molar-refractivity contribution in [2.75, 3.05) is 24.6 Å². The number of hydrogen-bond acceptors (Lipinski definition) is 4. The molecule has 1 amide bonds. The van der Waals surface area contributed by atoms with Gasteiger partial charge in [-0.3, -0.25) is 14.9 Å². The van der Waals surface area contributed by atoms with E-state index >= 15 is 0 Å². The van der Waals surface area contributed by atoms with E-state index in [4.69, 9.17) is 0 Å². The molecule has 6 heteroatoms. The van der Waals surface area contributed by atoms with Crippen LogP contribution in [0.4, 0.5) is 5.69 Å². The fraction of sp³-hybridized carbons (Fsp3) is 0.417. The SMILES string of the molecule is O=C(Cc1ccccc1[N+](=O)[O-])N1CCSCC1. The number of rotatable bonds is 3. The van der Waals surface area contributed by atoms with Gasteiger partial charge in [-0.25, -0.2) is 0 Å². The molecular weight excluding hydrogens is 252 g/mol. The highest BCUT2D eigenvalue weighted by Crippen LogP contribution is 2.19. The predicted octanol–water partition coefficient (Wildman–Crippen LogP) is 1.71. The summed E-state index contributed by atoms with van der Waals surface area (Å²) in [5, 5.41) is 10.9. The number of carbonyl (C=O) groups is 1. The first kappa shape index (κ1) is 12.9. The summed E-state index contributed by atoms with van der Waals surface area (Å²) in [5.74, 6) is 1.87. The minimum Gasteiger partial charge on any atom is -0.341 e. The number of nitrogens with zero attached hydrogens (tertiary/aromatic N) is 2. The van der Waals surface area contributed by atoms with Crippen molar-refractivity contribution in [3.63, 3.8) is 0 Å². The van der Waals surface area contributed by atoms with E-state index in [-0.39, 0.29) is 18.0 Å². The zero-order chi connectivity index (χ0) is 13.0. The van der Waals surface area contributed by atoms with Crippen molar-refractivity contribution in [2.45, 2.75) is 6.42 Å². The van der Waals surface area contributed by atoms with Crippen LogP contribution in [0.1, 0.15) is 5.56 Å². The first-order chi connectivity index (χ1) is 8.68. The average molecular weight is 266 g/mol. The lowest BCUT2D eigenvalue weighted by atomic mass is 10.1. The minimum absolute atomic E-state index is 0.0235. The molecule has 0 aromatic heterocycles. The van der Waals surface area contributed by atoms with Crippen LogP contribution in [-0.2, 0) is 11.2 Å². The molecule has 1 aliphatic heterocycles. The van der Waals surface area contributed by atoms with Crippen LogP contribution in [0.5, 0.6) is 0 Å². The normalized spacial score (nSPS) is 15.4. The fourth-order valence-corrected chi connectivity index (χ4v) is 2.83. The Morgan fingerprint density at radius 3 is 2.67 bits per heavy atom. The first-order valence-electron chi connectivity index (χ1n) is 5.76. The molecule has 0 radical (unpaired) electrons. The van der Waals surface area contributed by atoms with Gasteiger partial charge in [-0.2, -0.15) is 11.8 Å². The highest BCUT2D eigenvalue weighted by molar-refractivity contribution is 7.99. The maximum Gasteiger partial charge on any atom is 0.273 e. The van der Waals surface area contributed by atoms with Crippen LogP contribution in [-0.4, -0.2) is 40.3 Å². The topological polar surface area (TPSA) is 63.4 Å². The van der Waals surface area contributed by atoms with Crippen molar-refractivity contribution in [1.29, 1.82) is 0 Å². The van der Waals surface area contributed by atoms with Crippen LogP contribution in [0.3, 0.4) is 0 Å². The van der Waals surface area contributed by atoms with Crippen molar-refractivity contribution in [1.82, 2.24) is 4.90 Å². The molecule has 0 aliphatic carbocycles. The number of hydrogen-bond donors (Lipinski definition) is 0. The third-order valence-corrected chi connectivity index (χ3v) is 3.84. The predicted molar refractivity (Wildman–Crippen MR) is 70.7 cm³/mol. The molecule has 1 aromatic carbocycles. The van der Waals surface area contributed by atoms with Crippen LogP contribution >= 0.6 is 11.8 Å². The third-order valence-electron chi connectivity index (χ3n) is 2.89. The first-order valence-corrected chi connectivity index (χ1v) is 6.92. The molecule has 0 atom stereocenters. The van der Waals surface area contributed by atoms with Crippen molar-refractivity contribution >= 4 is 23.4 Å². The molecule has 0 saturated carbocycles. The summed E-state index contributed by atoms with van der Waals surface area (Å²) in [6, 6.07) is 6.43. The maximum atomic E-state index is 12.0. The molecule has 2 rings (SSSR count). The van der Waals surface area contributed by atoms with E-state index in [2.05, 4.69) is 0 Å². The molecule has 0 N–H and O–H groups in total. The lowest BCUT2D eigenvalue weighted by molar-refractivity contribution is -0.385. The Morgan fingerprint density at radius 2 is 2.00 bits per heavy atom. The summed E-state index contributed by atoms with van der Waals surface area (Å²) < 4.78 is 0. The Balaban J connectivity index is 2.08. The quantitative estimate of drug-likeness (QED) is 0.617. The van der Waals surface area contributed by atoms with Crippen molar-refractivity contribution in [2.24, 2.45) is 0 Å². The lowest BCUT2D eigenvalue weighted by Crippen LogP contribution is -2.38. The molecule has 96 valence electrons. The summed E-state index contributed by atoms with van der Waals surface area (Å²) in [7, 11) is 0. The third kappa shape index (κ3) is 3.01. The van der Waals surface area contributed by atoms with Gasteiger partial charge in [0.1, 0.15) is 0 Å². The Kier molecular flexibility index (Phi) is 4.19. The van der Waals surface area contributed by atoms with Gasteiger partial charge in [-0.05, 0) is 0 Å². The highest BCUT2D eigenvalue weighted by Gasteiger charge is 2.20. The summed E-state index contributed by atoms with van der Waals surface area (Å²) in [6.07, 6.45) is 0.113. The van der Waals surface area contributed by atoms with Gasteiger partial charge in [-0.15, -0.1) is 0 Å². The molecule has 1 heterocycles. The molecule has 0 unspecified atom stereocenters. The van der Waals surface area contributed by atoms with Gasteiger partial charge in [0.2, 0.25) is 5.91 Å². The largest absolute Gasteiger partial charge is 0.341 e. The maximum absolute atomic E-state index is 12.0. The van der Waals surface area contributed by atoms with Gasteiger partial charge in [0.25, 0.3) is 5.69 Å². The Labute approximate surface area is 109 Å². The van der Waals surface area contributed by atoms with Crippen LogP contribution in [0, 0.1) is 10.1 Å². The van der Waals surface area contributed by atoms with Crippen LogP contribution < -0.4 is 0 Å². The van der Waals surface area contributed by atoms with Crippen molar-refractivity contribution in [3.8, 4) is 0 Å². The number of para-hydroxylation sites is 1. The second kappa shape index (κ2) is 5.86. The number of amides is 1. The molecule has 0 bridgehead atoms. The van der Waals surface area contributed by atoms with E-state index in [1.54, 1.807) is 23.1 Å². The standard InChI is InChI=1S/C12H14N2O3S/c15-12(13-5-7-18-8-6-13)9-10-3-1-2-4-11(10)14(16)17/h1-4H,5-9H2. The lowest BCUT2D eigenvalue weighted by Gasteiger charge is -2.26. The molecule has 1 saturated heterocycles. The van der Waals surface area contributed by atoms with Gasteiger partial charge in [0.05, 0.1) is 11.3 Å². The van der Waals surface area contributed by atoms with Gasteiger partial charge < -0.3 is 4.90 Å². The summed E-state index contributed by atoms with van der Waals surface area (Å²) in [4.78, 5) is 24.2. The number of thioether (sulfide) groups is 1.